The number of nitrogens with one attached hydrogen (secondary N) is 3. The fourth-order valence-electron chi connectivity index (χ4n) is 2.90. The zero-order chi connectivity index (χ0) is 23.8. The lowest BCUT2D eigenvalue weighted by Crippen LogP contribution is -2.29. The molecule has 13 heteroatoms. The summed E-state index contributed by atoms with van der Waals surface area (Å²) in [6.45, 7) is 1.81. The molecule has 0 aliphatic carbocycles. The van der Waals surface area contributed by atoms with Crippen molar-refractivity contribution in [3.05, 3.63) is 66.2 Å². The Morgan fingerprint density at radius 2 is 1.73 bits per heavy atom. The van der Waals surface area contributed by atoms with Crippen molar-refractivity contribution in [3.8, 4) is 11.6 Å². The average molecular weight is 481 g/mol. The van der Waals surface area contributed by atoms with Gasteiger partial charge in [0.25, 0.3) is 0 Å². The molecular weight excluding hydrogens is 466 g/mol. The van der Waals surface area contributed by atoms with Crippen LogP contribution in [0.1, 0.15) is 5.69 Å². The van der Waals surface area contributed by atoms with Gasteiger partial charge in [-0.1, -0.05) is 0 Å². The van der Waals surface area contributed by atoms with Crippen molar-refractivity contribution in [2.45, 2.75) is 12.4 Å². The lowest BCUT2D eigenvalue weighted by molar-refractivity contribution is -0.0429. The van der Waals surface area contributed by atoms with Crippen molar-refractivity contribution in [2.75, 3.05) is 10.0 Å². The van der Waals surface area contributed by atoms with Crippen LogP contribution in [-0.2, 0) is 10.0 Å². The molecule has 2 aromatic carbocycles. The van der Waals surface area contributed by atoms with Crippen molar-refractivity contribution in [1.82, 2.24) is 15.0 Å². The molecule has 4 aromatic rings. The van der Waals surface area contributed by atoms with Gasteiger partial charge in [-0.25, -0.2) is 9.37 Å². The third-order valence-electron chi connectivity index (χ3n) is 4.38. The normalized spacial score (nSPS) is 12.0. The zero-order valence-corrected chi connectivity index (χ0v) is 17.6. The fourth-order valence-corrected chi connectivity index (χ4v) is 3.46. The molecule has 0 spiro atoms. The predicted molar refractivity (Wildman–Crippen MR) is 113 cm³/mol. The third-order valence-corrected chi connectivity index (χ3v) is 5.49. The predicted octanol–water partition coefficient (Wildman–Crippen LogP) is 5.20. The summed E-state index contributed by atoms with van der Waals surface area (Å²) >= 11 is 0. The number of halogens is 4. The van der Waals surface area contributed by atoms with Crippen molar-refractivity contribution >= 4 is 38.2 Å². The first-order valence-electron chi connectivity index (χ1n) is 9.27. The van der Waals surface area contributed by atoms with Crippen LogP contribution < -0.4 is 14.8 Å². The molecule has 0 bridgehead atoms. The smallest absolute Gasteiger partial charge is 0.436 e. The molecule has 0 aliphatic rings. The summed E-state index contributed by atoms with van der Waals surface area (Å²) in [4.78, 5) is 11.2. The number of sulfonamides is 1. The second-order valence-electron chi connectivity index (χ2n) is 6.87. The van der Waals surface area contributed by atoms with Gasteiger partial charge in [-0.05, 0) is 49.4 Å². The number of rotatable bonds is 6. The second kappa shape index (κ2) is 8.24. The highest BCUT2D eigenvalue weighted by Crippen LogP contribution is 2.30. The van der Waals surface area contributed by atoms with E-state index in [0.29, 0.717) is 16.6 Å². The number of aromatic amines is 1. The molecule has 0 fully saturated rings. The Balaban J connectivity index is 1.48. The van der Waals surface area contributed by atoms with Crippen LogP contribution >= 0.6 is 0 Å². The Hall–Kier alpha value is -3.87. The van der Waals surface area contributed by atoms with Crippen molar-refractivity contribution in [1.29, 1.82) is 0 Å². The van der Waals surface area contributed by atoms with Gasteiger partial charge in [0, 0.05) is 40.2 Å². The Bertz CT molecular complexity index is 1420. The van der Waals surface area contributed by atoms with Crippen LogP contribution in [0.4, 0.5) is 34.9 Å². The molecule has 3 N–H and O–H groups in total. The van der Waals surface area contributed by atoms with Gasteiger partial charge in [0.2, 0.25) is 11.8 Å². The van der Waals surface area contributed by atoms with Crippen LogP contribution in [0.5, 0.6) is 11.6 Å². The van der Waals surface area contributed by atoms with Gasteiger partial charge >= 0.3 is 15.5 Å². The van der Waals surface area contributed by atoms with Crippen LogP contribution in [0.15, 0.2) is 54.7 Å². The lowest BCUT2D eigenvalue weighted by atomic mass is 10.2. The minimum Gasteiger partial charge on any atom is -0.436 e. The molecular formula is C20H15F4N5O3S. The van der Waals surface area contributed by atoms with E-state index in [1.165, 1.54) is 35.2 Å². The molecule has 0 saturated heterocycles. The number of fused-ring (bicyclic) bond motifs is 1. The number of hydrogen-bond donors (Lipinski definition) is 3. The van der Waals surface area contributed by atoms with E-state index in [9.17, 15) is 26.0 Å². The Morgan fingerprint density at radius 3 is 2.42 bits per heavy atom. The maximum Gasteiger partial charge on any atom is 0.516 e. The number of aromatic nitrogens is 3. The Kier molecular flexibility index (Phi) is 5.57. The first-order chi connectivity index (χ1) is 15.5. The summed E-state index contributed by atoms with van der Waals surface area (Å²) in [5.74, 6) is -0.475. The Labute approximate surface area is 184 Å². The standard InChI is InChI=1S/C20H15F4N5O3S/c1-11-10-14-15(26-11)6-7-16(18(14)21)32-17-8-9-25-19(28-17)27-12-2-4-13(5-3-12)29-33(30,31)20(22,23)24/h2-10,26,29H,1H3,(H,25,27,28). The Morgan fingerprint density at radius 1 is 1.03 bits per heavy atom. The fraction of sp³-hybridized carbons (Fsp3) is 0.100. The van der Waals surface area contributed by atoms with Crippen LogP contribution in [0, 0.1) is 12.7 Å². The molecule has 0 saturated carbocycles. The molecule has 33 heavy (non-hydrogen) atoms. The van der Waals surface area contributed by atoms with E-state index >= 15 is 0 Å². The number of alkyl halides is 3. The van der Waals surface area contributed by atoms with E-state index in [2.05, 4.69) is 20.3 Å². The first-order valence-corrected chi connectivity index (χ1v) is 10.7. The highest BCUT2D eigenvalue weighted by molar-refractivity contribution is 7.93. The number of hydrogen-bond acceptors (Lipinski definition) is 6. The van der Waals surface area contributed by atoms with Crippen LogP contribution in [0.3, 0.4) is 0 Å². The summed E-state index contributed by atoms with van der Waals surface area (Å²) in [7, 11) is -5.52. The topological polar surface area (TPSA) is 109 Å². The number of aryl methyl sites for hydroxylation is 1. The molecule has 2 heterocycles. The highest BCUT2D eigenvalue weighted by atomic mass is 32.2. The van der Waals surface area contributed by atoms with Crippen molar-refractivity contribution in [2.24, 2.45) is 0 Å². The summed E-state index contributed by atoms with van der Waals surface area (Å²) in [6, 6.07) is 11.1. The van der Waals surface area contributed by atoms with E-state index in [0.717, 1.165) is 17.8 Å². The minimum atomic E-state index is -5.52. The maximum atomic E-state index is 14.7. The number of benzene rings is 2. The quantitative estimate of drug-likeness (QED) is 0.327. The molecule has 0 aliphatic heterocycles. The average Bonchev–Trinajstić information content (AvgIpc) is 3.12. The van der Waals surface area contributed by atoms with E-state index in [1.54, 1.807) is 19.1 Å². The minimum absolute atomic E-state index is 0.0348. The van der Waals surface area contributed by atoms with Crippen molar-refractivity contribution < 1.29 is 30.7 Å². The van der Waals surface area contributed by atoms with Crippen molar-refractivity contribution in [3.63, 3.8) is 0 Å². The van der Waals surface area contributed by atoms with Gasteiger partial charge < -0.3 is 15.0 Å². The molecule has 2 aromatic heterocycles. The monoisotopic (exact) mass is 481 g/mol. The van der Waals surface area contributed by atoms with Gasteiger partial charge in [0.05, 0.1) is 0 Å². The van der Waals surface area contributed by atoms with E-state index in [1.807, 2.05) is 0 Å². The van der Waals surface area contributed by atoms with Gasteiger partial charge in [-0.15, -0.1) is 0 Å². The molecule has 4 rings (SSSR count). The first kappa shape index (κ1) is 22.3. The lowest BCUT2D eigenvalue weighted by Gasteiger charge is -2.11. The van der Waals surface area contributed by atoms with Gasteiger partial charge in [-0.3, -0.25) is 4.72 Å². The largest absolute Gasteiger partial charge is 0.516 e. The number of nitrogens with zero attached hydrogens (tertiary/aromatic N) is 2. The summed E-state index contributed by atoms with van der Waals surface area (Å²) in [6.07, 6.45) is 1.37. The van der Waals surface area contributed by atoms with Gasteiger partial charge in [-0.2, -0.15) is 26.6 Å². The number of H-pyrrole nitrogens is 1. The van der Waals surface area contributed by atoms with Gasteiger partial charge in [0.15, 0.2) is 11.6 Å². The highest BCUT2D eigenvalue weighted by Gasteiger charge is 2.46. The summed E-state index contributed by atoms with van der Waals surface area (Å²) < 4.78 is 81.4. The summed E-state index contributed by atoms with van der Waals surface area (Å²) in [5.41, 5.74) is -3.92. The van der Waals surface area contributed by atoms with Crippen LogP contribution in [-0.4, -0.2) is 28.9 Å². The zero-order valence-electron chi connectivity index (χ0n) is 16.7. The van der Waals surface area contributed by atoms with E-state index in [-0.39, 0.29) is 23.3 Å². The summed E-state index contributed by atoms with van der Waals surface area (Å²) in [5, 5.41) is 3.17. The number of ether oxygens (including phenoxy) is 1. The molecule has 0 radical (unpaired) electrons. The molecule has 0 unspecified atom stereocenters. The third kappa shape index (κ3) is 4.82. The number of anilines is 3. The van der Waals surface area contributed by atoms with E-state index in [4.69, 9.17) is 4.74 Å². The second-order valence-corrected chi connectivity index (χ2v) is 8.54. The van der Waals surface area contributed by atoms with Crippen LogP contribution in [0.2, 0.25) is 0 Å². The molecule has 0 amide bonds. The molecule has 172 valence electrons. The molecule has 8 nitrogen and oxygen atoms in total. The SMILES string of the molecule is Cc1cc2c(F)c(Oc3ccnc(Nc4ccc(NS(=O)(=O)C(F)(F)F)cc4)n3)ccc2[nH]1. The molecule has 0 atom stereocenters. The van der Waals surface area contributed by atoms with E-state index < -0.39 is 21.3 Å². The maximum absolute atomic E-state index is 14.7. The van der Waals surface area contributed by atoms with Crippen LogP contribution in [0.25, 0.3) is 10.9 Å². The van der Waals surface area contributed by atoms with Gasteiger partial charge in [0.1, 0.15) is 0 Å².